The van der Waals surface area contributed by atoms with Crippen molar-refractivity contribution in [3.63, 3.8) is 0 Å². The summed E-state index contributed by atoms with van der Waals surface area (Å²) < 4.78 is 0. The molecule has 0 spiro atoms. The van der Waals surface area contributed by atoms with Crippen molar-refractivity contribution in [1.82, 2.24) is 5.32 Å². The Hall–Kier alpha value is -0.260. The van der Waals surface area contributed by atoms with Crippen molar-refractivity contribution in [2.24, 2.45) is 0 Å². The largest absolute Gasteiger partial charge is 0.480 e. The van der Waals surface area contributed by atoms with E-state index < -0.39 is 11.5 Å². The number of likely N-dealkylation sites (N-methyl/N-ethyl adjacent to an activating group) is 1. The van der Waals surface area contributed by atoms with E-state index in [1.165, 1.54) is 0 Å². The molecule has 4 atom stereocenters. The SMILES string of the molecule is CNC1(C(=O)O)CCCC(SC(C)C(C)O)C1. The zero-order chi connectivity index (χ0) is 13.1. The molecule has 1 aliphatic rings. The van der Waals surface area contributed by atoms with Crippen LogP contribution in [0.3, 0.4) is 0 Å². The summed E-state index contributed by atoms with van der Waals surface area (Å²) in [4.78, 5) is 11.4. The molecule has 1 aliphatic carbocycles. The molecular formula is C12H23NO3S. The number of aliphatic carboxylic acids is 1. The molecule has 1 rings (SSSR count). The first-order chi connectivity index (χ1) is 7.91. The van der Waals surface area contributed by atoms with Crippen LogP contribution < -0.4 is 5.32 Å². The lowest BCUT2D eigenvalue weighted by molar-refractivity contribution is -0.146. The fourth-order valence-electron chi connectivity index (χ4n) is 2.29. The summed E-state index contributed by atoms with van der Waals surface area (Å²) >= 11 is 1.71. The van der Waals surface area contributed by atoms with Gasteiger partial charge in [-0.05, 0) is 39.7 Å². The summed E-state index contributed by atoms with van der Waals surface area (Å²) in [5.41, 5.74) is -0.770. The van der Waals surface area contributed by atoms with Gasteiger partial charge in [-0.1, -0.05) is 6.92 Å². The molecule has 0 saturated heterocycles. The van der Waals surface area contributed by atoms with E-state index in [2.05, 4.69) is 5.32 Å². The maximum absolute atomic E-state index is 11.4. The Kier molecular flexibility index (Phi) is 5.28. The number of aliphatic hydroxyl groups is 1. The van der Waals surface area contributed by atoms with Crippen molar-refractivity contribution in [1.29, 1.82) is 0 Å². The van der Waals surface area contributed by atoms with Crippen LogP contribution in [0.15, 0.2) is 0 Å². The molecule has 4 nitrogen and oxygen atoms in total. The van der Waals surface area contributed by atoms with Crippen molar-refractivity contribution < 1.29 is 15.0 Å². The van der Waals surface area contributed by atoms with Crippen LogP contribution in [0.5, 0.6) is 0 Å². The van der Waals surface area contributed by atoms with Gasteiger partial charge in [-0.2, -0.15) is 11.8 Å². The first-order valence-corrected chi connectivity index (χ1v) is 7.11. The Morgan fingerprint density at radius 3 is 2.65 bits per heavy atom. The molecule has 0 heterocycles. The molecule has 17 heavy (non-hydrogen) atoms. The van der Waals surface area contributed by atoms with Crippen LogP contribution in [0.25, 0.3) is 0 Å². The van der Waals surface area contributed by atoms with Crippen molar-refractivity contribution in [2.75, 3.05) is 7.05 Å². The Labute approximate surface area is 107 Å². The monoisotopic (exact) mass is 261 g/mol. The molecule has 1 fully saturated rings. The van der Waals surface area contributed by atoms with Gasteiger partial charge in [0.05, 0.1) is 6.10 Å². The van der Waals surface area contributed by atoms with Crippen molar-refractivity contribution in [3.05, 3.63) is 0 Å². The fraction of sp³-hybridized carbons (Fsp3) is 0.917. The van der Waals surface area contributed by atoms with Gasteiger partial charge in [0, 0.05) is 10.5 Å². The van der Waals surface area contributed by atoms with Crippen LogP contribution in [0.2, 0.25) is 0 Å². The van der Waals surface area contributed by atoms with E-state index in [4.69, 9.17) is 0 Å². The van der Waals surface area contributed by atoms with Gasteiger partial charge in [0.2, 0.25) is 0 Å². The number of hydrogen-bond donors (Lipinski definition) is 3. The molecule has 0 bridgehead atoms. The highest BCUT2D eigenvalue weighted by Gasteiger charge is 2.42. The first-order valence-electron chi connectivity index (χ1n) is 6.17. The average molecular weight is 261 g/mol. The van der Waals surface area contributed by atoms with E-state index in [9.17, 15) is 15.0 Å². The summed E-state index contributed by atoms with van der Waals surface area (Å²) in [6.07, 6.45) is 2.95. The van der Waals surface area contributed by atoms with E-state index in [1.807, 2.05) is 6.92 Å². The maximum atomic E-state index is 11.4. The van der Waals surface area contributed by atoms with E-state index in [0.29, 0.717) is 18.1 Å². The molecule has 0 aromatic rings. The second-order valence-electron chi connectivity index (χ2n) is 4.94. The second-order valence-corrected chi connectivity index (χ2v) is 6.62. The zero-order valence-corrected chi connectivity index (χ0v) is 11.6. The quantitative estimate of drug-likeness (QED) is 0.699. The van der Waals surface area contributed by atoms with Gasteiger partial charge in [0.25, 0.3) is 0 Å². The Bertz CT molecular complexity index is 272. The lowest BCUT2D eigenvalue weighted by Gasteiger charge is -2.38. The minimum atomic E-state index is -0.770. The molecule has 100 valence electrons. The molecule has 0 radical (unpaired) electrons. The lowest BCUT2D eigenvalue weighted by Crippen LogP contribution is -2.54. The molecule has 3 N–H and O–H groups in total. The van der Waals surface area contributed by atoms with Gasteiger partial charge >= 0.3 is 5.97 Å². The van der Waals surface area contributed by atoms with Crippen molar-refractivity contribution >= 4 is 17.7 Å². The van der Waals surface area contributed by atoms with Crippen LogP contribution in [0.1, 0.15) is 39.5 Å². The van der Waals surface area contributed by atoms with E-state index >= 15 is 0 Å². The zero-order valence-electron chi connectivity index (χ0n) is 10.8. The predicted molar refractivity (Wildman–Crippen MR) is 70.4 cm³/mol. The average Bonchev–Trinajstić information content (AvgIpc) is 2.28. The number of nitrogens with one attached hydrogen (secondary N) is 1. The smallest absolute Gasteiger partial charge is 0.323 e. The highest BCUT2D eigenvalue weighted by atomic mass is 32.2. The number of aliphatic hydroxyl groups excluding tert-OH is 1. The number of carboxylic acids is 1. The molecule has 0 aromatic heterocycles. The second kappa shape index (κ2) is 6.07. The van der Waals surface area contributed by atoms with Gasteiger partial charge in [-0.25, -0.2) is 0 Å². The number of carbonyl (C=O) groups is 1. The van der Waals surface area contributed by atoms with Crippen molar-refractivity contribution in [2.45, 2.75) is 61.7 Å². The van der Waals surface area contributed by atoms with Crippen LogP contribution in [0, 0.1) is 0 Å². The third-order valence-electron chi connectivity index (χ3n) is 3.68. The first kappa shape index (κ1) is 14.8. The molecule has 5 heteroatoms. The van der Waals surface area contributed by atoms with Gasteiger partial charge in [-0.15, -0.1) is 0 Å². The number of rotatable bonds is 5. The molecular weight excluding hydrogens is 238 g/mol. The van der Waals surface area contributed by atoms with Crippen molar-refractivity contribution in [3.8, 4) is 0 Å². The number of thioether (sulfide) groups is 1. The minimum absolute atomic E-state index is 0.154. The summed E-state index contributed by atoms with van der Waals surface area (Å²) in [6, 6.07) is 0. The van der Waals surface area contributed by atoms with Gasteiger partial charge in [0.15, 0.2) is 0 Å². The highest BCUT2D eigenvalue weighted by molar-refractivity contribution is 8.00. The van der Waals surface area contributed by atoms with Crippen LogP contribution >= 0.6 is 11.8 Å². The summed E-state index contributed by atoms with van der Waals surface area (Å²) in [5.74, 6) is -0.755. The Balaban J connectivity index is 2.62. The highest BCUT2D eigenvalue weighted by Crippen LogP contribution is 2.37. The number of carboxylic acid groups (broad SMARTS) is 1. The maximum Gasteiger partial charge on any atom is 0.323 e. The minimum Gasteiger partial charge on any atom is -0.480 e. The Morgan fingerprint density at radius 2 is 2.18 bits per heavy atom. The van der Waals surface area contributed by atoms with Crippen LogP contribution in [-0.4, -0.2) is 45.4 Å². The van der Waals surface area contributed by atoms with E-state index in [0.717, 1.165) is 12.8 Å². The topological polar surface area (TPSA) is 69.6 Å². The van der Waals surface area contributed by atoms with E-state index in [-0.39, 0.29) is 11.4 Å². The third-order valence-corrected chi connectivity index (χ3v) is 5.29. The predicted octanol–water partition coefficient (Wildman–Crippen LogP) is 1.47. The molecule has 0 amide bonds. The van der Waals surface area contributed by atoms with E-state index in [1.54, 1.807) is 25.7 Å². The third kappa shape index (κ3) is 3.60. The van der Waals surface area contributed by atoms with Gasteiger partial charge < -0.3 is 15.5 Å². The molecule has 1 saturated carbocycles. The molecule has 0 aromatic carbocycles. The van der Waals surface area contributed by atoms with Crippen LogP contribution in [0.4, 0.5) is 0 Å². The summed E-state index contributed by atoms with van der Waals surface area (Å²) in [5, 5.41) is 22.3. The molecule has 0 aliphatic heterocycles. The Morgan fingerprint density at radius 1 is 1.53 bits per heavy atom. The van der Waals surface area contributed by atoms with Gasteiger partial charge in [-0.3, -0.25) is 4.79 Å². The summed E-state index contributed by atoms with van der Waals surface area (Å²) in [7, 11) is 1.72. The lowest BCUT2D eigenvalue weighted by atomic mass is 9.81. The van der Waals surface area contributed by atoms with Gasteiger partial charge in [0.1, 0.15) is 5.54 Å². The van der Waals surface area contributed by atoms with Crippen LogP contribution in [-0.2, 0) is 4.79 Å². The summed E-state index contributed by atoms with van der Waals surface area (Å²) in [6.45, 7) is 3.77. The fourth-order valence-corrected chi connectivity index (χ4v) is 3.80. The number of hydrogen-bond acceptors (Lipinski definition) is 4. The molecule has 4 unspecified atom stereocenters. The standard InChI is InChI=1S/C12H23NO3S/c1-8(14)9(2)17-10-5-4-6-12(7-10,13-3)11(15)16/h8-10,13-14H,4-7H2,1-3H3,(H,15,16). The normalized spacial score (nSPS) is 33.1.